The topological polar surface area (TPSA) is 112 Å². The minimum Gasteiger partial charge on any atom is -0.870 e. The average molecular weight is 309 g/mol. The highest BCUT2D eigenvalue weighted by Gasteiger charge is 2.11. The van der Waals surface area contributed by atoms with Crippen molar-refractivity contribution in [3.8, 4) is 11.5 Å². The molecule has 0 aromatic heterocycles. The van der Waals surface area contributed by atoms with E-state index in [0.29, 0.717) is 6.54 Å². The second kappa shape index (κ2) is 7.80. The SMILES string of the molecule is C=CCNC(=S)N/N=C\c1cc([N+](=O)[O-])cc(OC)c1[O-]. The highest BCUT2D eigenvalue weighted by Crippen LogP contribution is 2.31. The van der Waals surface area contributed by atoms with E-state index in [4.69, 9.17) is 17.0 Å². The largest absolute Gasteiger partial charge is 0.870 e. The van der Waals surface area contributed by atoms with Gasteiger partial charge < -0.3 is 15.2 Å². The molecule has 0 atom stereocenters. The van der Waals surface area contributed by atoms with Crippen molar-refractivity contribution in [1.82, 2.24) is 10.7 Å². The molecule has 1 aromatic carbocycles. The van der Waals surface area contributed by atoms with Gasteiger partial charge in [0.05, 0.1) is 24.3 Å². The third-order valence-corrected chi connectivity index (χ3v) is 2.51. The molecule has 1 rings (SSSR count). The summed E-state index contributed by atoms with van der Waals surface area (Å²) in [6.07, 6.45) is 2.75. The standard InChI is InChI=1S/C12H14N4O4S/c1-3-4-13-12(21)15-14-7-8-5-9(16(18)19)6-10(20-2)11(8)17/h3,5-7,17H,1,4H2,2H3,(H2,13,15,21)/p-1/b14-7-. The van der Waals surface area contributed by atoms with Crippen LogP contribution in [0.5, 0.6) is 11.5 Å². The molecule has 0 aliphatic rings. The van der Waals surface area contributed by atoms with E-state index in [2.05, 4.69) is 22.4 Å². The smallest absolute Gasteiger partial charge is 0.273 e. The Morgan fingerprint density at radius 3 is 2.90 bits per heavy atom. The number of rotatable bonds is 6. The Kier molecular flexibility index (Phi) is 6.08. The number of nitro groups is 1. The van der Waals surface area contributed by atoms with Crippen LogP contribution in [0.1, 0.15) is 5.56 Å². The first-order valence-electron chi connectivity index (χ1n) is 5.70. The van der Waals surface area contributed by atoms with Crippen LogP contribution in [-0.4, -0.2) is 29.9 Å². The fourth-order valence-electron chi connectivity index (χ4n) is 1.33. The molecule has 9 heteroatoms. The van der Waals surface area contributed by atoms with Crippen molar-refractivity contribution in [2.24, 2.45) is 5.10 Å². The first kappa shape index (κ1) is 16.4. The molecule has 0 saturated carbocycles. The van der Waals surface area contributed by atoms with E-state index in [1.807, 2.05) is 0 Å². The summed E-state index contributed by atoms with van der Waals surface area (Å²) in [6, 6.07) is 2.17. The van der Waals surface area contributed by atoms with E-state index in [1.54, 1.807) is 6.08 Å². The molecule has 1 aromatic rings. The van der Waals surface area contributed by atoms with Crippen LogP contribution in [0.15, 0.2) is 29.9 Å². The van der Waals surface area contributed by atoms with Gasteiger partial charge in [-0.1, -0.05) is 11.8 Å². The van der Waals surface area contributed by atoms with Crippen molar-refractivity contribution in [2.75, 3.05) is 13.7 Å². The molecule has 0 amide bonds. The molecule has 21 heavy (non-hydrogen) atoms. The van der Waals surface area contributed by atoms with Crippen molar-refractivity contribution >= 4 is 29.2 Å². The number of benzene rings is 1. The quantitative estimate of drug-likeness (QED) is 0.261. The summed E-state index contributed by atoms with van der Waals surface area (Å²) in [4.78, 5) is 10.2. The predicted octanol–water partition coefficient (Wildman–Crippen LogP) is 0.661. The van der Waals surface area contributed by atoms with Gasteiger partial charge in [-0.25, -0.2) is 0 Å². The van der Waals surface area contributed by atoms with E-state index in [-0.39, 0.29) is 22.1 Å². The number of hydrogen-bond acceptors (Lipinski definition) is 6. The zero-order valence-corrected chi connectivity index (χ0v) is 12.0. The fourth-order valence-corrected chi connectivity index (χ4v) is 1.46. The second-order valence-corrected chi connectivity index (χ2v) is 4.10. The van der Waals surface area contributed by atoms with Crippen LogP contribution in [0.4, 0.5) is 5.69 Å². The van der Waals surface area contributed by atoms with Crippen molar-refractivity contribution in [1.29, 1.82) is 0 Å². The maximum Gasteiger partial charge on any atom is 0.273 e. The number of ether oxygens (including phenoxy) is 1. The monoisotopic (exact) mass is 309 g/mol. The molecule has 0 fully saturated rings. The number of nitrogens with zero attached hydrogens (tertiary/aromatic N) is 2. The number of hydrazone groups is 1. The van der Waals surface area contributed by atoms with Crippen LogP contribution in [0.25, 0.3) is 0 Å². The van der Waals surface area contributed by atoms with Gasteiger partial charge in [-0.05, 0) is 17.8 Å². The molecule has 0 aliphatic carbocycles. The molecule has 0 saturated heterocycles. The van der Waals surface area contributed by atoms with Crippen molar-refractivity contribution in [2.45, 2.75) is 0 Å². The molecule has 0 heterocycles. The fraction of sp³-hybridized carbons (Fsp3) is 0.167. The van der Waals surface area contributed by atoms with Crippen molar-refractivity contribution in [3.63, 3.8) is 0 Å². The maximum atomic E-state index is 11.9. The molecule has 0 radical (unpaired) electrons. The van der Waals surface area contributed by atoms with Crippen LogP contribution in [-0.2, 0) is 0 Å². The summed E-state index contributed by atoms with van der Waals surface area (Å²) < 4.78 is 4.81. The van der Waals surface area contributed by atoms with E-state index < -0.39 is 10.7 Å². The molecule has 0 bridgehead atoms. The van der Waals surface area contributed by atoms with Gasteiger partial charge in [-0.2, -0.15) is 5.10 Å². The number of methoxy groups -OCH3 is 1. The summed E-state index contributed by atoms with van der Waals surface area (Å²) in [5.74, 6) is -0.628. The predicted molar refractivity (Wildman–Crippen MR) is 80.6 cm³/mol. The maximum absolute atomic E-state index is 11.9. The lowest BCUT2D eigenvalue weighted by atomic mass is 10.2. The highest BCUT2D eigenvalue weighted by atomic mass is 32.1. The third-order valence-electron chi connectivity index (χ3n) is 2.28. The van der Waals surface area contributed by atoms with E-state index >= 15 is 0 Å². The number of thiocarbonyl (C=S) groups is 1. The van der Waals surface area contributed by atoms with E-state index in [9.17, 15) is 15.2 Å². The van der Waals surface area contributed by atoms with Gasteiger partial charge in [0.15, 0.2) is 5.11 Å². The number of nitro benzene ring substituents is 1. The summed E-state index contributed by atoms with van der Waals surface area (Å²) in [5, 5.41) is 29.4. The Morgan fingerprint density at radius 2 is 2.33 bits per heavy atom. The summed E-state index contributed by atoms with van der Waals surface area (Å²) in [7, 11) is 1.26. The number of hydrogen-bond donors (Lipinski definition) is 2. The molecule has 112 valence electrons. The van der Waals surface area contributed by atoms with Crippen LogP contribution in [0.3, 0.4) is 0 Å². The van der Waals surface area contributed by atoms with Crippen molar-refractivity contribution in [3.05, 3.63) is 40.5 Å². The van der Waals surface area contributed by atoms with Gasteiger partial charge in [0.25, 0.3) is 5.69 Å². The average Bonchev–Trinajstić information content (AvgIpc) is 2.46. The minimum absolute atomic E-state index is 0.0140. The summed E-state index contributed by atoms with van der Waals surface area (Å²) in [5.41, 5.74) is 2.22. The lowest BCUT2D eigenvalue weighted by Crippen LogP contribution is -2.31. The van der Waals surface area contributed by atoms with Gasteiger partial charge >= 0.3 is 0 Å². The molecule has 8 nitrogen and oxygen atoms in total. The molecule has 0 aliphatic heterocycles. The number of non-ortho nitro benzene ring substituents is 1. The first-order valence-corrected chi connectivity index (χ1v) is 6.11. The highest BCUT2D eigenvalue weighted by molar-refractivity contribution is 7.80. The Bertz CT molecular complexity index is 589. The van der Waals surface area contributed by atoms with Crippen LogP contribution >= 0.6 is 12.2 Å². The number of nitrogens with one attached hydrogen (secondary N) is 2. The lowest BCUT2D eigenvalue weighted by molar-refractivity contribution is -0.385. The van der Waals surface area contributed by atoms with Crippen LogP contribution in [0, 0.1) is 10.1 Å². The van der Waals surface area contributed by atoms with E-state index in [0.717, 1.165) is 18.3 Å². The van der Waals surface area contributed by atoms with Gasteiger partial charge in [-0.15, -0.1) is 6.58 Å². The summed E-state index contributed by atoms with van der Waals surface area (Å²) >= 11 is 4.89. The van der Waals surface area contributed by atoms with Gasteiger partial charge in [0.1, 0.15) is 5.75 Å². The Labute approximate surface area is 126 Å². The van der Waals surface area contributed by atoms with Gasteiger partial charge in [0.2, 0.25) is 0 Å². The molecular formula is C12H13N4O4S-. The lowest BCUT2D eigenvalue weighted by Gasteiger charge is -2.14. The van der Waals surface area contributed by atoms with E-state index in [1.165, 1.54) is 7.11 Å². The minimum atomic E-state index is -0.622. The zero-order valence-electron chi connectivity index (χ0n) is 11.2. The zero-order chi connectivity index (χ0) is 15.8. The first-order chi connectivity index (χ1) is 9.99. The Balaban J connectivity index is 2.91. The Hall–Kier alpha value is -2.68. The van der Waals surface area contributed by atoms with Crippen LogP contribution in [0.2, 0.25) is 0 Å². The van der Waals surface area contributed by atoms with Gasteiger partial charge in [0, 0.05) is 12.6 Å². The molecule has 0 unspecified atom stereocenters. The molecular weight excluding hydrogens is 296 g/mol. The van der Waals surface area contributed by atoms with Gasteiger partial charge in [-0.3, -0.25) is 15.5 Å². The second-order valence-electron chi connectivity index (χ2n) is 3.69. The van der Waals surface area contributed by atoms with Crippen LogP contribution < -0.4 is 20.6 Å². The molecule has 2 N–H and O–H groups in total. The normalized spacial score (nSPS) is 10.1. The van der Waals surface area contributed by atoms with Crippen molar-refractivity contribution < 1.29 is 14.8 Å². The molecule has 0 spiro atoms. The third kappa shape index (κ3) is 4.73. The Morgan fingerprint density at radius 1 is 1.62 bits per heavy atom. The summed E-state index contributed by atoms with van der Waals surface area (Å²) in [6.45, 7) is 3.97.